The van der Waals surface area contributed by atoms with Crippen molar-refractivity contribution in [3.8, 4) is 0 Å². The molecule has 7 nitrogen and oxygen atoms in total. The van der Waals surface area contributed by atoms with Gasteiger partial charge in [0, 0.05) is 17.7 Å². The Labute approximate surface area is 149 Å². The molecule has 0 saturated carbocycles. The lowest BCUT2D eigenvalue weighted by Crippen LogP contribution is -2.36. The van der Waals surface area contributed by atoms with Gasteiger partial charge in [0.15, 0.2) is 24.1 Å². The Kier molecular flexibility index (Phi) is 4.92. The van der Waals surface area contributed by atoms with Gasteiger partial charge in [-0.2, -0.15) is 23.1 Å². The molecule has 1 aliphatic heterocycles. The van der Waals surface area contributed by atoms with Crippen molar-refractivity contribution in [3.63, 3.8) is 0 Å². The number of nitrogen functional groups attached to an aromatic ring is 1. The van der Waals surface area contributed by atoms with Crippen molar-refractivity contribution in [1.82, 2.24) is 9.97 Å². The van der Waals surface area contributed by atoms with Crippen LogP contribution in [0.2, 0.25) is 0 Å². The fourth-order valence-electron chi connectivity index (χ4n) is 2.52. The Morgan fingerprint density at radius 3 is 2.62 bits per heavy atom. The number of anilines is 3. The molecule has 2 heterocycles. The quantitative estimate of drug-likeness (QED) is 0.458. The first kappa shape index (κ1) is 18.3. The van der Waals surface area contributed by atoms with E-state index in [-0.39, 0.29) is 23.9 Å². The molecule has 26 heavy (non-hydrogen) atoms. The minimum absolute atomic E-state index is 0.143. The summed E-state index contributed by atoms with van der Waals surface area (Å²) >= 11 is -2.50. The van der Waals surface area contributed by atoms with Crippen LogP contribution in [-0.2, 0) is 22.5 Å². The van der Waals surface area contributed by atoms with Gasteiger partial charge in [-0.05, 0) is 5.56 Å². The Bertz CT molecular complexity index is 806. The molecule has 0 aliphatic carbocycles. The topological polar surface area (TPSA) is 107 Å². The maximum Gasteiger partial charge on any atom is 0.433 e. The number of halogens is 3. The third kappa shape index (κ3) is 3.83. The molecule has 3 N–H and O–H groups in total. The normalized spacial score (nSPS) is 17.5. The molecular weight excluding hydrogens is 371 g/mol. The fraction of sp³-hybridized carbons (Fsp3) is 0.267. The van der Waals surface area contributed by atoms with Crippen molar-refractivity contribution in [2.45, 2.75) is 24.0 Å². The zero-order valence-electron chi connectivity index (χ0n) is 13.2. The fourth-order valence-corrected chi connectivity index (χ4v) is 3.34. The van der Waals surface area contributed by atoms with E-state index in [4.69, 9.17) is 5.73 Å². The van der Waals surface area contributed by atoms with Gasteiger partial charge in [-0.15, -0.1) is 0 Å². The number of alkyl halides is 3. The van der Waals surface area contributed by atoms with Crippen LogP contribution in [0.4, 0.5) is 30.5 Å². The second-order valence-corrected chi connectivity index (χ2v) is 6.88. The van der Waals surface area contributed by atoms with E-state index in [0.29, 0.717) is 6.29 Å². The molecule has 0 fully saturated rings. The van der Waals surface area contributed by atoms with E-state index in [1.807, 2.05) is 30.3 Å². The number of benzene rings is 1. The summed E-state index contributed by atoms with van der Waals surface area (Å²) in [5, 5.41) is 2.30. The average Bonchev–Trinajstić information content (AvgIpc) is 2.93. The van der Waals surface area contributed by atoms with Crippen LogP contribution < -0.4 is 16.0 Å². The van der Waals surface area contributed by atoms with Crippen molar-refractivity contribution >= 4 is 34.8 Å². The number of rotatable bonds is 5. The van der Waals surface area contributed by atoms with Crippen LogP contribution in [0.25, 0.3) is 0 Å². The zero-order chi connectivity index (χ0) is 18.9. The van der Waals surface area contributed by atoms with Crippen LogP contribution in [0.1, 0.15) is 5.56 Å². The van der Waals surface area contributed by atoms with E-state index in [2.05, 4.69) is 15.3 Å². The molecule has 0 bridgehead atoms. The first-order valence-electron chi connectivity index (χ1n) is 7.43. The van der Waals surface area contributed by atoms with Crippen molar-refractivity contribution < 1.29 is 22.5 Å². The van der Waals surface area contributed by atoms with Gasteiger partial charge in [-0.1, -0.05) is 30.3 Å². The summed E-state index contributed by atoms with van der Waals surface area (Å²) in [5.41, 5.74) is 6.85. The molecule has 2 atom stereocenters. The molecule has 2 aromatic rings. The number of hydrogen-bond acceptors (Lipinski definition) is 7. The van der Waals surface area contributed by atoms with Crippen LogP contribution in [-0.4, -0.2) is 38.9 Å². The molecule has 0 spiro atoms. The Morgan fingerprint density at radius 1 is 1.31 bits per heavy atom. The van der Waals surface area contributed by atoms with E-state index in [1.54, 1.807) is 0 Å². The zero-order valence-corrected chi connectivity index (χ0v) is 14.0. The summed E-state index contributed by atoms with van der Waals surface area (Å²) in [4.78, 5) is 20.6. The molecule has 1 aliphatic rings. The van der Waals surface area contributed by atoms with Gasteiger partial charge in [0.25, 0.3) is 0 Å². The SMILES string of the molecule is Nc1nc([S+]([O-])CC(F)(F)F)nc2c1NC(C=O)N2Cc1ccccc1. The maximum absolute atomic E-state index is 12.5. The summed E-state index contributed by atoms with van der Waals surface area (Å²) < 4.78 is 49.4. The summed E-state index contributed by atoms with van der Waals surface area (Å²) in [6, 6.07) is 9.11. The smallest absolute Gasteiger partial charge is 0.433 e. The standard InChI is InChI=1S/C15H14F3N5O2S/c16-15(17,18)8-26(25)14-21-12(19)11-13(22-14)23(10(7-24)20-11)6-9-4-2-1-3-5-9/h1-5,7,10,20H,6,8H2,(H2,19,21,22). The molecule has 2 unspecified atom stereocenters. The predicted molar refractivity (Wildman–Crippen MR) is 89.9 cm³/mol. The van der Waals surface area contributed by atoms with Crippen molar-refractivity contribution in [3.05, 3.63) is 35.9 Å². The predicted octanol–water partition coefficient (Wildman–Crippen LogP) is 1.69. The highest BCUT2D eigenvalue weighted by atomic mass is 32.2. The maximum atomic E-state index is 12.5. The highest BCUT2D eigenvalue weighted by Gasteiger charge is 2.39. The Hall–Kier alpha value is -2.53. The Morgan fingerprint density at radius 2 is 2.00 bits per heavy atom. The van der Waals surface area contributed by atoms with Gasteiger partial charge in [-0.3, -0.25) is 4.79 Å². The van der Waals surface area contributed by atoms with Crippen LogP contribution in [0.3, 0.4) is 0 Å². The average molecular weight is 385 g/mol. The molecule has 1 aromatic carbocycles. The Balaban J connectivity index is 1.96. The van der Waals surface area contributed by atoms with Crippen LogP contribution in [0.15, 0.2) is 35.5 Å². The van der Waals surface area contributed by atoms with Crippen molar-refractivity contribution in [1.29, 1.82) is 0 Å². The lowest BCUT2D eigenvalue weighted by atomic mass is 10.2. The molecule has 0 radical (unpaired) electrons. The van der Waals surface area contributed by atoms with Crippen LogP contribution in [0.5, 0.6) is 0 Å². The van der Waals surface area contributed by atoms with E-state index in [1.165, 1.54) is 4.90 Å². The molecular formula is C15H14F3N5O2S. The number of nitrogens with one attached hydrogen (secondary N) is 1. The third-order valence-corrected chi connectivity index (χ3v) is 4.80. The number of aromatic nitrogens is 2. The monoisotopic (exact) mass is 385 g/mol. The van der Waals surface area contributed by atoms with Gasteiger partial charge in [0.2, 0.25) is 5.75 Å². The van der Waals surface area contributed by atoms with Gasteiger partial charge < -0.3 is 20.5 Å². The first-order valence-corrected chi connectivity index (χ1v) is 8.75. The molecule has 1 aromatic heterocycles. The first-order chi connectivity index (χ1) is 12.3. The molecule has 3 rings (SSSR count). The molecule has 11 heteroatoms. The van der Waals surface area contributed by atoms with Gasteiger partial charge >= 0.3 is 11.3 Å². The molecule has 138 valence electrons. The molecule has 0 amide bonds. The number of aldehydes is 1. The summed E-state index contributed by atoms with van der Waals surface area (Å²) in [5.74, 6) is -1.60. The van der Waals surface area contributed by atoms with E-state index in [9.17, 15) is 22.5 Å². The lowest BCUT2D eigenvalue weighted by Gasteiger charge is -2.22. The number of fused-ring (bicyclic) bond motifs is 1. The van der Waals surface area contributed by atoms with Crippen LogP contribution in [0, 0.1) is 0 Å². The number of carbonyl (C=O) groups is 1. The number of nitrogens with zero attached hydrogens (tertiary/aromatic N) is 3. The third-order valence-electron chi connectivity index (χ3n) is 3.62. The number of carbonyl (C=O) groups excluding carboxylic acids is 1. The van der Waals surface area contributed by atoms with E-state index in [0.717, 1.165) is 5.56 Å². The highest BCUT2D eigenvalue weighted by molar-refractivity contribution is 7.91. The summed E-state index contributed by atoms with van der Waals surface area (Å²) in [6.07, 6.45) is -4.82. The van der Waals surface area contributed by atoms with E-state index < -0.39 is 34.4 Å². The highest BCUT2D eigenvalue weighted by Crippen LogP contribution is 2.38. The van der Waals surface area contributed by atoms with Gasteiger partial charge in [-0.25, -0.2) is 0 Å². The summed E-state index contributed by atoms with van der Waals surface area (Å²) in [7, 11) is 0. The molecule has 0 saturated heterocycles. The van der Waals surface area contributed by atoms with Gasteiger partial charge in [0.1, 0.15) is 5.69 Å². The minimum atomic E-state index is -4.63. The van der Waals surface area contributed by atoms with Crippen molar-refractivity contribution in [2.75, 3.05) is 21.7 Å². The largest absolute Gasteiger partial charge is 0.609 e. The van der Waals surface area contributed by atoms with E-state index >= 15 is 0 Å². The van der Waals surface area contributed by atoms with Crippen LogP contribution >= 0.6 is 0 Å². The van der Waals surface area contributed by atoms with Crippen molar-refractivity contribution in [2.24, 2.45) is 0 Å². The number of hydrogen-bond donors (Lipinski definition) is 2. The van der Waals surface area contributed by atoms with Gasteiger partial charge in [0.05, 0.1) is 0 Å². The minimum Gasteiger partial charge on any atom is -0.609 e. The second-order valence-electron chi connectivity index (χ2n) is 5.53. The second kappa shape index (κ2) is 7.00. The number of nitrogens with two attached hydrogens (primary N) is 1. The summed E-state index contributed by atoms with van der Waals surface area (Å²) in [6.45, 7) is 0.256. The lowest BCUT2D eigenvalue weighted by molar-refractivity contribution is -0.108.